The summed E-state index contributed by atoms with van der Waals surface area (Å²) < 4.78 is 52.4. The summed E-state index contributed by atoms with van der Waals surface area (Å²) in [6.45, 7) is 8.51. The van der Waals surface area contributed by atoms with Crippen molar-refractivity contribution in [1.82, 2.24) is 19.2 Å². The number of aryl methyl sites for hydroxylation is 2. The van der Waals surface area contributed by atoms with Crippen molar-refractivity contribution in [2.45, 2.75) is 57.0 Å². The van der Waals surface area contributed by atoms with Gasteiger partial charge in [0.1, 0.15) is 11.2 Å². The van der Waals surface area contributed by atoms with Crippen LogP contribution in [0.25, 0.3) is 10.9 Å². The molecule has 2 atom stereocenters. The highest BCUT2D eigenvalue weighted by Gasteiger charge is 2.39. The normalized spacial score (nSPS) is 25.9. The molecule has 6 heterocycles. The molecule has 48 heavy (non-hydrogen) atoms. The number of aromatic nitrogens is 3. The standard InChI is InChI=1S/C35H46F2N6O4S/c1-3-29-26-10-8-11-27(20-26)35(36,37)22-25-23-41(24-25)12-4-6-16-47-17-9-14-43-31-28(32(38-29)39-40(2)34(31)45)21-30(33(43)44)42-13-5-7-18-48(46)19-15-42/h3,8,10-11,20-21,25,29H,1,4-7,9,12-19,22-24H2,2H3,(H,38,39)/t29-,48?/m1/s1. The summed E-state index contributed by atoms with van der Waals surface area (Å²) in [6.07, 6.45) is 5.30. The number of rotatable bonds is 2. The lowest BCUT2D eigenvalue weighted by atomic mass is 9.89. The number of fused-ring (bicyclic) bond motifs is 9. The van der Waals surface area contributed by atoms with Gasteiger partial charge in [-0.05, 0) is 62.3 Å². The minimum Gasteiger partial charge on any atom is -0.381 e. The Labute approximate surface area is 282 Å². The molecule has 2 fully saturated rings. The summed E-state index contributed by atoms with van der Waals surface area (Å²) in [5.41, 5.74) is 0.447. The maximum atomic E-state index is 15.6. The number of hydrogen-bond acceptors (Lipinski definition) is 8. The first-order chi connectivity index (χ1) is 23.1. The van der Waals surface area contributed by atoms with Gasteiger partial charge in [0.05, 0.1) is 11.4 Å². The predicted octanol–water partition coefficient (Wildman–Crippen LogP) is 4.40. The third-order valence-corrected chi connectivity index (χ3v) is 11.1. The van der Waals surface area contributed by atoms with E-state index in [2.05, 4.69) is 21.9 Å². The van der Waals surface area contributed by atoms with E-state index in [1.54, 1.807) is 24.3 Å². The predicted molar refractivity (Wildman–Crippen MR) is 187 cm³/mol. The molecule has 0 radical (unpaired) electrons. The van der Waals surface area contributed by atoms with Gasteiger partial charge in [-0.25, -0.2) is 13.5 Å². The number of pyridine rings is 1. The molecular weight excluding hydrogens is 638 g/mol. The second-order valence-electron chi connectivity index (χ2n) is 13.3. The zero-order valence-electron chi connectivity index (χ0n) is 27.7. The Bertz CT molecular complexity index is 1770. The van der Waals surface area contributed by atoms with Crippen molar-refractivity contribution in [1.29, 1.82) is 0 Å². The van der Waals surface area contributed by atoms with Crippen molar-refractivity contribution >= 4 is 33.2 Å². The van der Waals surface area contributed by atoms with E-state index in [4.69, 9.17) is 4.74 Å². The lowest BCUT2D eigenvalue weighted by Gasteiger charge is -2.41. The number of anilines is 2. The molecular formula is C35H46F2N6O4S. The number of nitrogens with zero attached hydrogens (tertiary/aromatic N) is 5. The Kier molecular flexibility index (Phi) is 10.8. The maximum Gasteiger partial charge on any atom is 0.291 e. The Balaban J connectivity index is 1.44. The van der Waals surface area contributed by atoms with Crippen LogP contribution in [-0.2, 0) is 35.1 Å². The number of hydrogen-bond donors (Lipinski definition) is 1. The molecule has 13 heteroatoms. The van der Waals surface area contributed by atoms with E-state index in [1.807, 2.05) is 4.90 Å². The molecule has 3 aromatic rings. The van der Waals surface area contributed by atoms with Crippen LogP contribution in [-0.4, -0.2) is 80.9 Å². The highest BCUT2D eigenvalue weighted by atomic mass is 32.2. The van der Waals surface area contributed by atoms with Crippen LogP contribution in [0.4, 0.5) is 20.3 Å². The number of halogens is 2. The second-order valence-corrected chi connectivity index (χ2v) is 15.0. The van der Waals surface area contributed by atoms with Gasteiger partial charge in [0.2, 0.25) is 0 Å². The van der Waals surface area contributed by atoms with Crippen LogP contribution < -0.4 is 21.3 Å². The highest BCUT2D eigenvalue weighted by Crippen LogP contribution is 2.39. The molecule has 7 rings (SSSR count). The van der Waals surface area contributed by atoms with Crippen molar-refractivity contribution in [2.75, 3.05) is 67.7 Å². The Morgan fingerprint density at radius 3 is 2.60 bits per heavy atom. The fourth-order valence-electron chi connectivity index (χ4n) is 7.07. The Hall–Kier alpha value is -3.42. The van der Waals surface area contributed by atoms with E-state index in [0.29, 0.717) is 79.8 Å². The lowest BCUT2D eigenvalue weighted by molar-refractivity contribution is -0.0570. The van der Waals surface area contributed by atoms with Crippen molar-refractivity contribution in [3.05, 3.63) is 74.8 Å². The molecule has 0 amide bonds. The van der Waals surface area contributed by atoms with Crippen LogP contribution in [0, 0.1) is 5.92 Å². The molecule has 4 aliphatic heterocycles. The van der Waals surface area contributed by atoms with Crippen LogP contribution in [0.3, 0.4) is 0 Å². The first kappa shape index (κ1) is 34.4. The fraction of sp³-hybridized carbons (Fsp3) is 0.571. The zero-order valence-corrected chi connectivity index (χ0v) is 28.5. The summed E-state index contributed by atoms with van der Waals surface area (Å²) in [5, 5.41) is 8.37. The number of ether oxygens (including phenoxy) is 1. The molecule has 10 nitrogen and oxygen atoms in total. The third-order valence-electron chi connectivity index (χ3n) is 9.71. The van der Waals surface area contributed by atoms with Gasteiger partial charge in [0.15, 0.2) is 5.82 Å². The minimum absolute atomic E-state index is 0.0461. The van der Waals surface area contributed by atoms with Gasteiger partial charge in [0, 0.05) is 87.3 Å². The molecule has 1 N–H and O–H groups in total. The molecule has 0 spiro atoms. The monoisotopic (exact) mass is 684 g/mol. The average Bonchev–Trinajstić information content (AvgIpc) is 3.04. The minimum atomic E-state index is -2.99. The fourth-order valence-corrected chi connectivity index (χ4v) is 8.22. The summed E-state index contributed by atoms with van der Waals surface area (Å²) >= 11 is 0. The van der Waals surface area contributed by atoms with Gasteiger partial charge in [0.25, 0.3) is 17.0 Å². The van der Waals surface area contributed by atoms with Crippen LogP contribution in [0.15, 0.2) is 52.6 Å². The topological polar surface area (TPSA) is 102 Å². The van der Waals surface area contributed by atoms with E-state index in [-0.39, 0.29) is 35.5 Å². The van der Waals surface area contributed by atoms with Crippen LogP contribution >= 0.6 is 0 Å². The van der Waals surface area contributed by atoms with Crippen LogP contribution in [0.2, 0.25) is 0 Å². The van der Waals surface area contributed by atoms with Crippen molar-refractivity contribution in [3.8, 4) is 0 Å². The van der Waals surface area contributed by atoms with E-state index in [0.717, 1.165) is 32.2 Å². The summed E-state index contributed by atoms with van der Waals surface area (Å²) in [7, 11) is 0.558. The summed E-state index contributed by atoms with van der Waals surface area (Å²) in [4.78, 5) is 32.1. The quantitative estimate of drug-likeness (QED) is 0.397. The SMILES string of the molecule is C=C[C@H]1Nc2nn(C)c(=O)c3c2cc(N2CCCCS(=O)CC2)c(=O)n3CCCOCCCCN2CC(C2)CC(F)(F)c2cccc1c2. The molecule has 8 bridgehead atoms. The largest absolute Gasteiger partial charge is 0.381 e. The van der Waals surface area contributed by atoms with Crippen LogP contribution in [0.5, 0.6) is 0 Å². The summed E-state index contributed by atoms with van der Waals surface area (Å²) in [6, 6.07) is 7.49. The first-order valence-corrected chi connectivity index (χ1v) is 18.6. The molecule has 0 saturated carbocycles. The van der Waals surface area contributed by atoms with Crippen molar-refractivity contribution in [3.63, 3.8) is 0 Å². The smallest absolute Gasteiger partial charge is 0.291 e. The third kappa shape index (κ3) is 7.58. The van der Waals surface area contributed by atoms with Gasteiger partial charge in [-0.2, -0.15) is 5.10 Å². The van der Waals surface area contributed by atoms with E-state index >= 15 is 8.78 Å². The number of nitrogens with one attached hydrogen (secondary N) is 1. The summed E-state index contributed by atoms with van der Waals surface area (Å²) in [5.74, 6) is -1.63. The van der Waals surface area contributed by atoms with E-state index in [1.165, 1.54) is 28.4 Å². The average molecular weight is 685 g/mol. The Morgan fingerprint density at radius 1 is 1.00 bits per heavy atom. The number of alkyl halides is 2. The van der Waals surface area contributed by atoms with Gasteiger partial charge in [-0.1, -0.05) is 24.3 Å². The number of benzene rings is 1. The van der Waals surface area contributed by atoms with E-state index in [9.17, 15) is 13.8 Å². The molecule has 0 aliphatic carbocycles. The maximum absolute atomic E-state index is 15.6. The van der Waals surface area contributed by atoms with Crippen molar-refractivity contribution in [2.24, 2.45) is 13.0 Å². The molecule has 2 saturated heterocycles. The van der Waals surface area contributed by atoms with Crippen molar-refractivity contribution < 1.29 is 17.7 Å². The van der Waals surface area contributed by atoms with Gasteiger partial charge >= 0.3 is 0 Å². The zero-order chi connectivity index (χ0) is 33.8. The Morgan fingerprint density at radius 2 is 1.79 bits per heavy atom. The first-order valence-electron chi connectivity index (χ1n) is 17.1. The van der Waals surface area contributed by atoms with Gasteiger partial charge < -0.3 is 24.4 Å². The van der Waals surface area contributed by atoms with Gasteiger partial charge in [-0.15, -0.1) is 6.58 Å². The highest BCUT2D eigenvalue weighted by molar-refractivity contribution is 7.85. The van der Waals surface area contributed by atoms with E-state index < -0.39 is 28.3 Å². The molecule has 4 aliphatic rings. The lowest BCUT2D eigenvalue weighted by Crippen LogP contribution is -2.48. The van der Waals surface area contributed by atoms with Crippen LogP contribution in [0.1, 0.15) is 55.7 Å². The second kappa shape index (κ2) is 15.0. The molecule has 260 valence electrons. The molecule has 1 aromatic carbocycles. The van der Waals surface area contributed by atoms with Gasteiger partial charge in [-0.3, -0.25) is 13.8 Å². The molecule has 1 unspecified atom stereocenters. The molecule has 2 aromatic heterocycles.